The lowest BCUT2D eigenvalue weighted by Crippen LogP contribution is -2.40. The molecule has 1 atom stereocenters. The Morgan fingerprint density at radius 1 is 1.61 bits per heavy atom. The lowest BCUT2D eigenvalue weighted by atomic mass is 10.1. The van der Waals surface area contributed by atoms with E-state index in [9.17, 15) is 4.39 Å². The van der Waals surface area contributed by atoms with Gasteiger partial charge in [-0.1, -0.05) is 18.3 Å². The summed E-state index contributed by atoms with van der Waals surface area (Å²) in [5.41, 5.74) is 6.84. The fourth-order valence-electron chi connectivity index (χ4n) is 2.15. The second-order valence-corrected chi connectivity index (χ2v) is 5.03. The molecule has 18 heavy (non-hydrogen) atoms. The Bertz CT molecular complexity index is 453. The third-order valence-electron chi connectivity index (χ3n) is 3.03. The van der Waals surface area contributed by atoms with Gasteiger partial charge in [0.2, 0.25) is 0 Å². The van der Waals surface area contributed by atoms with Gasteiger partial charge in [-0.25, -0.2) is 4.39 Å². The van der Waals surface area contributed by atoms with Crippen LogP contribution in [-0.2, 0) is 11.3 Å². The van der Waals surface area contributed by atoms with Gasteiger partial charge in [-0.15, -0.1) is 0 Å². The predicted molar refractivity (Wildman–Crippen MR) is 73.0 cm³/mol. The third-order valence-corrected chi connectivity index (χ3v) is 3.25. The van der Waals surface area contributed by atoms with Crippen LogP contribution in [0, 0.1) is 5.82 Å². The van der Waals surface area contributed by atoms with E-state index in [-0.39, 0.29) is 16.9 Å². The highest BCUT2D eigenvalue weighted by Gasteiger charge is 2.17. The number of morpholine rings is 1. The summed E-state index contributed by atoms with van der Waals surface area (Å²) >= 11 is 4.84. The summed E-state index contributed by atoms with van der Waals surface area (Å²) in [6, 6.07) is 4.93. The number of nitrogens with two attached hydrogens (primary N) is 1. The number of hydrogen-bond acceptors (Lipinski definition) is 3. The Morgan fingerprint density at radius 2 is 2.39 bits per heavy atom. The van der Waals surface area contributed by atoms with Gasteiger partial charge in [0.25, 0.3) is 0 Å². The largest absolute Gasteiger partial charge is 0.389 e. The highest BCUT2D eigenvalue weighted by molar-refractivity contribution is 7.80. The minimum Gasteiger partial charge on any atom is -0.389 e. The minimum atomic E-state index is -0.360. The van der Waals surface area contributed by atoms with E-state index >= 15 is 0 Å². The van der Waals surface area contributed by atoms with E-state index in [4.69, 9.17) is 22.7 Å². The average molecular weight is 268 g/mol. The van der Waals surface area contributed by atoms with E-state index in [0.29, 0.717) is 5.56 Å². The molecular weight excluding hydrogens is 251 g/mol. The van der Waals surface area contributed by atoms with Crippen LogP contribution < -0.4 is 5.73 Å². The van der Waals surface area contributed by atoms with Gasteiger partial charge in [-0.05, 0) is 24.6 Å². The lowest BCUT2D eigenvalue weighted by Gasteiger charge is -2.31. The first-order valence-electron chi connectivity index (χ1n) is 5.98. The summed E-state index contributed by atoms with van der Waals surface area (Å²) in [7, 11) is 0. The quantitative estimate of drug-likeness (QED) is 0.847. The first-order valence-corrected chi connectivity index (χ1v) is 6.39. The maximum Gasteiger partial charge on any atom is 0.133 e. The fraction of sp³-hybridized carbons (Fsp3) is 0.462. The molecule has 2 rings (SSSR count). The number of rotatable bonds is 3. The summed E-state index contributed by atoms with van der Waals surface area (Å²) < 4.78 is 18.9. The number of ether oxygens (including phenoxy) is 1. The summed E-state index contributed by atoms with van der Waals surface area (Å²) in [5, 5.41) is 0. The van der Waals surface area contributed by atoms with Crippen molar-refractivity contribution in [2.75, 3.05) is 19.7 Å². The van der Waals surface area contributed by atoms with Crippen molar-refractivity contribution < 1.29 is 9.13 Å². The van der Waals surface area contributed by atoms with E-state index in [1.54, 1.807) is 12.1 Å². The van der Waals surface area contributed by atoms with Crippen LogP contribution >= 0.6 is 12.2 Å². The molecular formula is C13H17FN2OS. The first kappa shape index (κ1) is 13.4. The number of thiocarbonyl (C=S) groups is 1. The van der Waals surface area contributed by atoms with Gasteiger partial charge in [-0.2, -0.15) is 0 Å². The van der Waals surface area contributed by atoms with Crippen molar-refractivity contribution in [2.45, 2.75) is 19.6 Å². The molecule has 0 saturated carbocycles. The third kappa shape index (κ3) is 3.25. The molecule has 1 aliphatic heterocycles. The molecule has 0 radical (unpaired) electrons. The van der Waals surface area contributed by atoms with Gasteiger partial charge >= 0.3 is 0 Å². The summed E-state index contributed by atoms with van der Waals surface area (Å²) in [6.07, 6.45) is 0.245. The van der Waals surface area contributed by atoms with Crippen LogP contribution in [0.15, 0.2) is 18.2 Å². The van der Waals surface area contributed by atoms with E-state index < -0.39 is 0 Å². The maximum absolute atomic E-state index is 13.5. The minimum absolute atomic E-state index is 0.102. The van der Waals surface area contributed by atoms with Crippen LogP contribution in [0.2, 0.25) is 0 Å². The van der Waals surface area contributed by atoms with Crippen molar-refractivity contribution in [2.24, 2.45) is 5.73 Å². The summed E-state index contributed by atoms with van der Waals surface area (Å²) in [4.78, 5) is 2.38. The fourth-order valence-corrected chi connectivity index (χ4v) is 2.31. The Labute approximate surface area is 112 Å². The molecule has 98 valence electrons. The van der Waals surface area contributed by atoms with Crippen LogP contribution in [0.1, 0.15) is 18.1 Å². The van der Waals surface area contributed by atoms with Crippen molar-refractivity contribution in [1.29, 1.82) is 0 Å². The van der Waals surface area contributed by atoms with Gasteiger partial charge in [0.05, 0.1) is 12.7 Å². The van der Waals surface area contributed by atoms with Crippen molar-refractivity contribution in [3.05, 3.63) is 35.1 Å². The van der Waals surface area contributed by atoms with Gasteiger partial charge in [-0.3, -0.25) is 4.90 Å². The first-order chi connectivity index (χ1) is 8.56. The zero-order valence-electron chi connectivity index (χ0n) is 10.4. The van der Waals surface area contributed by atoms with Crippen LogP contribution in [0.4, 0.5) is 4.39 Å². The smallest absolute Gasteiger partial charge is 0.133 e. The molecule has 3 nitrogen and oxygen atoms in total. The number of halogens is 1. The Balaban J connectivity index is 2.09. The molecule has 1 unspecified atom stereocenters. The van der Waals surface area contributed by atoms with E-state index in [2.05, 4.69) is 11.8 Å². The normalized spacial score (nSPS) is 20.9. The molecule has 1 fully saturated rings. The van der Waals surface area contributed by atoms with Gasteiger partial charge in [0, 0.05) is 25.2 Å². The number of benzene rings is 1. The molecule has 1 heterocycles. The van der Waals surface area contributed by atoms with E-state index in [1.807, 2.05) is 0 Å². The van der Waals surface area contributed by atoms with E-state index in [1.165, 1.54) is 6.07 Å². The Morgan fingerprint density at radius 3 is 3.06 bits per heavy atom. The molecule has 0 spiro atoms. The average Bonchev–Trinajstić information content (AvgIpc) is 2.31. The molecule has 1 aliphatic rings. The van der Waals surface area contributed by atoms with Crippen LogP contribution in [0.5, 0.6) is 0 Å². The van der Waals surface area contributed by atoms with Crippen LogP contribution in [0.3, 0.4) is 0 Å². The van der Waals surface area contributed by atoms with Crippen LogP contribution in [0.25, 0.3) is 0 Å². The summed E-state index contributed by atoms with van der Waals surface area (Å²) in [6.45, 7) is 5.34. The second-order valence-electron chi connectivity index (χ2n) is 4.59. The standard InChI is InChI=1S/C13H17FN2OS/c1-9-7-16(4-5-17-9)8-10-2-3-12(14)11(6-10)13(15)18/h2-3,6,9H,4-5,7-8H2,1H3,(H2,15,18). The number of hydrogen-bond donors (Lipinski definition) is 1. The molecule has 1 saturated heterocycles. The van der Waals surface area contributed by atoms with Gasteiger partial charge < -0.3 is 10.5 Å². The van der Waals surface area contributed by atoms with Crippen molar-refractivity contribution in [1.82, 2.24) is 4.90 Å². The molecule has 0 bridgehead atoms. The number of nitrogens with zero attached hydrogens (tertiary/aromatic N) is 1. The predicted octanol–water partition coefficient (Wildman–Crippen LogP) is 1.68. The van der Waals surface area contributed by atoms with Gasteiger partial charge in [0.15, 0.2) is 0 Å². The van der Waals surface area contributed by atoms with Crippen LogP contribution in [-0.4, -0.2) is 35.7 Å². The zero-order chi connectivity index (χ0) is 13.1. The molecule has 0 aliphatic carbocycles. The molecule has 1 aromatic carbocycles. The maximum atomic E-state index is 13.5. The monoisotopic (exact) mass is 268 g/mol. The molecule has 0 amide bonds. The topological polar surface area (TPSA) is 38.5 Å². The van der Waals surface area contributed by atoms with Crippen molar-refractivity contribution in [3.63, 3.8) is 0 Å². The highest BCUT2D eigenvalue weighted by atomic mass is 32.1. The SMILES string of the molecule is CC1CN(Cc2ccc(F)c(C(N)=S)c2)CCO1. The molecule has 2 N–H and O–H groups in total. The van der Waals surface area contributed by atoms with Crippen molar-refractivity contribution >= 4 is 17.2 Å². The second kappa shape index (κ2) is 5.73. The van der Waals surface area contributed by atoms with Gasteiger partial charge in [0.1, 0.15) is 10.8 Å². The van der Waals surface area contributed by atoms with E-state index in [0.717, 1.165) is 31.8 Å². The Hall–Kier alpha value is -1.04. The molecule has 1 aromatic rings. The molecule has 5 heteroatoms. The molecule has 0 aromatic heterocycles. The summed E-state index contributed by atoms with van der Waals surface area (Å²) in [5.74, 6) is -0.360. The highest BCUT2D eigenvalue weighted by Crippen LogP contribution is 2.14. The lowest BCUT2D eigenvalue weighted by molar-refractivity contribution is -0.0212. The zero-order valence-corrected chi connectivity index (χ0v) is 11.2. The Kier molecular flexibility index (Phi) is 4.27. The van der Waals surface area contributed by atoms with Crippen molar-refractivity contribution in [3.8, 4) is 0 Å².